The van der Waals surface area contributed by atoms with Crippen LogP contribution in [0.1, 0.15) is 51.9 Å². The normalized spacial score (nSPS) is 34.5. The number of nitrogens with one attached hydrogen (secondary N) is 1. The summed E-state index contributed by atoms with van der Waals surface area (Å²) in [6, 6.07) is 3.01. The highest BCUT2D eigenvalue weighted by Crippen LogP contribution is 2.61. The third kappa shape index (κ3) is 5.31. The Morgan fingerprint density at radius 1 is 1.08 bits per heavy atom. The van der Waals surface area contributed by atoms with Crippen molar-refractivity contribution in [3.63, 3.8) is 0 Å². The maximum absolute atomic E-state index is 13.5. The van der Waals surface area contributed by atoms with Crippen LogP contribution in [-0.4, -0.2) is 50.2 Å². The lowest BCUT2D eigenvalue weighted by molar-refractivity contribution is -0.134. The van der Waals surface area contributed by atoms with E-state index in [4.69, 9.17) is 40.5 Å². The number of anilines is 1. The van der Waals surface area contributed by atoms with Crippen LogP contribution in [0.25, 0.3) is 0 Å². The fourth-order valence-corrected chi connectivity index (χ4v) is 10.7. The molecule has 37 heavy (non-hydrogen) atoms. The van der Waals surface area contributed by atoms with E-state index >= 15 is 0 Å². The van der Waals surface area contributed by atoms with Crippen molar-refractivity contribution >= 4 is 62.5 Å². The van der Waals surface area contributed by atoms with Crippen LogP contribution >= 0.6 is 34.8 Å². The molecule has 1 saturated heterocycles. The van der Waals surface area contributed by atoms with E-state index in [-0.39, 0.29) is 64.4 Å². The van der Waals surface area contributed by atoms with E-state index in [1.807, 2.05) is 6.92 Å². The van der Waals surface area contributed by atoms with Crippen molar-refractivity contribution in [3.05, 3.63) is 27.2 Å². The number of amides is 2. The summed E-state index contributed by atoms with van der Waals surface area (Å²) in [7, 11) is -3.94. The van der Waals surface area contributed by atoms with Gasteiger partial charge in [0, 0.05) is 43.5 Å². The van der Waals surface area contributed by atoms with Gasteiger partial charge in [0.15, 0.2) is 0 Å². The number of rotatable bonds is 7. The van der Waals surface area contributed by atoms with Crippen LogP contribution in [0.15, 0.2) is 12.1 Å². The SMILES string of the molecule is CC1CN(CCC(=O)NC2C3CC4CC2CC(CC(N)=O)(C4)C3)S(=O)(=O)N(c2c(Cl)cc(Cl)cc2Cl)C1. The summed E-state index contributed by atoms with van der Waals surface area (Å²) in [6.07, 6.45) is 5.53. The molecular formula is C25H33Cl3N4O4S. The Kier molecular flexibility index (Phi) is 7.42. The van der Waals surface area contributed by atoms with Crippen LogP contribution in [0.2, 0.25) is 15.1 Å². The topological polar surface area (TPSA) is 113 Å². The van der Waals surface area contributed by atoms with Gasteiger partial charge in [-0.3, -0.25) is 13.9 Å². The smallest absolute Gasteiger partial charge is 0.304 e. The van der Waals surface area contributed by atoms with Crippen molar-refractivity contribution in [1.82, 2.24) is 9.62 Å². The van der Waals surface area contributed by atoms with Gasteiger partial charge in [-0.2, -0.15) is 12.7 Å². The number of nitrogens with zero attached hydrogens (tertiary/aromatic N) is 2. The van der Waals surface area contributed by atoms with Crippen molar-refractivity contribution in [2.24, 2.45) is 34.8 Å². The minimum atomic E-state index is -3.94. The monoisotopic (exact) mass is 590 g/mol. The highest BCUT2D eigenvalue weighted by molar-refractivity contribution is 7.90. The second kappa shape index (κ2) is 10.0. The number of hydrogen-bond donors (Lipinski definition) is 2. The molecule has 1 aliphatic heterocycles. The fraction of sp³-hybridized carbons (Fsp3) is 0.680. The molecule has 3 N–H and O–H groups in total. The maximum Gasteiger partial charge on any atom is 0.304 e. The third-order valence-electron chi connectivity index (χ3n) is 8.69. The summed E-state index contributed by atoms with van der Waals surface area (Å²) >= 11 is 18.7. The predicted octanol–water partition coefficient (Wildman–Crippen LogP) is 4.23. The molecule has 12 heteroatoms. The second-order valence-electron chi connectivity index (χ2n) is 11.7. The van der Waals surface area contributed by atoms with E-state index in [0.717, 1.165) is 32.1 Å². The first-order valence-corrected chi connectivity index (χ1v) is 15.4. The molecule has 5 fully saturated rings. The van der Waals surface area contributed by atoms with Crippen molar-refractivity contribution < 1.29 is 18.0 Å². The van der Waals surface area contributed by atoms with Gasteiger partial charge >= 0.3 is 10.2 Å². The van der Waals surface area contributed by atoms with E-state index in [1.165, 1.54) is 20.7 Å². The van der Waals surface area contributed by atoms with Gasteiger partial charge in [0.1, 0.15) is 0 Å². The summed E-state index contributed by atoms with van der Waals surface area (Å²) in [5, 5.41) is 3.86. The zero-order valence-electron chi connectivity index (χ0n) is 20.8. The molecule has 2 amide bonds. The Balaban J connectivity index is 1.24. The lowest BCUT2D eigenvalue weighted by Crippen LogP contribution is -2.60. The summed E-state index contributed by atoms with van der Waals surface area (Å²) < 4.78 is 29.6. The average molecular weight is 592 g/mol. The van der Waals surface area contributed by atoms with E-state index < -0.39 is 10.2 Å². The lowest BCUT2D eigenvalue weighted by atomic mass is 9.47. The quantitative estimate of drug-likeness (QED) is 0.494. The molecule has 0 spiro atoms. The van der Waals surface area contributed by atoms with Gasteiger partial charge in [0.2, 0.25) is 11.8 Å². The van der Waals surface area contributed by atoms with Crippen molar-refractivity contribution in [2.45, 2.75) is 57.9 Å². The molecule has 4 bridgehead atoms. The van der Waals surface area contributed by atoms with Crippen molar-refractivity contribution in [3.8, 4) is 0 Å². The molecule has 0 radical (unpaired) electrons. The minimum absolute atomic E-state index is 0.000249. The highest BCUT2D eigenvalue weighted by Gasteiger charge is 2.56. The number of carbonyl (C=O) groups excluding carboxylic acids is 2. The largest absolute Gasteiger partial charge is 0.370 e. The number of carbonyl (C=O) groups is 2. The molecule has 0 aromatic heterocycles. The zero-order valence-corrected chi connectivity index (χ0v) is 23.8. The number of primary amides is 1. The standard InChI is InChI=1S/C25H33Cl3N4O4S/c1-14-12-31(37(35,36)32(13-14)24-19(27)6-18(26)7-20(24)28)3-2-22(34)30-23-16-4-15-5-17(23)10-25(8-15,9-16)11-21(29)33/h6-7,14-17,23H,2-5,8-13H2,1H3,(H2,29,33)(H,30,34). The molecule has 4 aliphatic carbocycles. The Labute approximate surface area is 233 Å². The molecule has 1 aromatic carbocycles. The molecule has 1 aromatic rings. The molecule has 6 rings (SSSR count). The minimum Gasteiger partial charge on any atom is -0.370 e. The number of halogens is 3. The number of benzene rings is 1. The zero-order chi connectivity index (χ0) is 26.7. The second-order valence-corrected chi connectivity index (χ2v) is 14.8. The molecule has 3 atom stereocenters. The molecule has 204 valence electrons. The number of nitrogens with two attached hydrogens (primary N) is 1. The Morgan fingerprint density at radius 3 is 2.30 bits per heavy atom. The Bertz CT molecular complexity index is 1170. The molecule has 3 unspecified atom stereocenters. The van der Waals surface area contributed by atoms with E-state index in [9.17, 15) is 18.0 Å². The van der Waals surface area contributed by atoms with E-state index in [2.05, 4.69) is 5.32 Å². The summed E-state index contributed by atoms with van der Waals surface area (Å²) in [5.41, 5.74) is 5.75. The van der Waals surface area contributed by atoms with E-state index in [1.54, 1.807) is 0 Å². The van der Waals surface area contributed by atoms with Gasteiger partial charge in [0.05, 0.1) is 15.7 Å². The molecular weight excluding hydrogens is 559 g/mol. The van der Waals surface area contributed by atoms with Crippen LogP contribution in [-0.2, 0) is 19.8 Å². The molecule has 4 saturated carbocycles. The average Bonchev–Trinajstić information content (AvgIpc) is 2.75. The van der Waals surface area contributed by atoms with Crippen LogP contribution in [0.4, 0.5) is 5.69 Å². The van der Waals surface area contributed by atoms with Crippen molar-refractivity contribution in [1.29, 1.82) is 0 Å². The first kappa shape index (κ1) is 27.3. The summed E-state index contributed by atoms with van der Waals surface area (Å²) in [6.45, 7) is 2.55. The Hall–Kier alpha value is -1.26. The van der Waals surface area contributed by atoms with Gasteiger partial charge in [0.25, 0.3) is 0 Å². The molecule has 5 aliphatic rings. The maximum atomic E-state index is 13.5. The van der Waals surface area contributed by atoms with Crippen LogP contribution in [0.5, 0.6) is 0 Å². The fourth-order valence-electron chi connectivity index (χ4n) is 7.70. The van der Waals surface area contributed by atoms with Crippen LogP contribution < -0.4 is 15.4 Å². The predicted molar refractivity (Wildman–Crippen MR) is 145 cm³/mol. The van der Waals surface area contributed by atoms with E-state index in [0.29, 0.717) is 35.7 Å². The molecule has 1 heterocycles. The first-order chi connectivity index (χ1) is 17.4. The van der Waals surface area contributed by atoms with Gasteiger partial charge in [-0.1, -0.05) is 41.7 Å². The van der Waals surface area contributed by atoms with Gasteiger partial charge in [-0.25, -0.2) is 0 Å². The summed E-state index contributed by atoms with van der Waals surface area (Å²) in [5.74, 6) is 0.900. The van der Waals surface area contributed by atoms with Crippen molar-refractivity contribution in [2.75, 3.05) is 23.9 Å². The van der Waals surface area contributed by atoms with Gasteiger partial charge in [-0.05, 0) is 73.3 Å². The molecule has 8 nitrogen and oxygen atoms in total. The van der Waals surface area contributed by atoms with Crippen LogP contribution in [0.3, 0.4) is 0 Å². The summed E-state index contributed by atoms with van der Waals surface area (Å²) in [4.78, 5) is 24.7. The van der Waals surface area contributed by atoms with Gasteiger partial charge < -0.3 is 11.1 Å². The number of hydrogen-bond acceptors (Lipinski definition) is 4. The first-order valence-electron chi connectivity index (χ1n) is 12.9. The lowest BCUT2D eigenvalue weighted by Gasteiger charge is -2.60. The Morgan fingerprint density at radius 2 is 1.70 bits per heavy atom. The van der Waals surface area contributed by atoms with Gasteiger partial charge in [-0.15, -0.1) is 0 Å². The van der Waals surface area contributed by atoms with Crippen LogP contribution in [0, 0.1) is 29.1 Å². The third-order valence-corrected chi connectivity index (χ3v) is 11.4. The highest BCUT2D eigenvalue weighted by atomic mass is 35.5.